The number of aliphatic hydroxyl groups is 1. The van der Waals surface area contributed by atoms with Crippen molar-refractivity contribution in [3.63, 3.8) is 0 Å². The summed E-state index contributed by atoms with van der Waals surface area (Å²) in [5, 5.41) is 9.99. The number of benzene rings is 1. The zero-order valence-electron chi connectivity index (χ0n) is 7.77. The molecule has 0 aliphatic carbocycles. The molecule has 0 spiro atoms. The summed E-state index contributed by atoms with van der Waals surface area (Å²) in [6.45, 7) is 0.513. The number of para-hydroxylation sites is 1. The zero-order valence-corrected chi connectivity index (χ0v) is 7.77. The first-order valence-corrected chi connectivity index (χ1v) is 4.52. The van der Waals surface area contributed by atoms with E-state index in [1.54, 1.807) is 6.20 Å². The van der Waals surface area contributed by atoms with Crippen molar-refractivity contribution in [2.45, 2.75) is 13.2 Å². The molecule has 3 heteroatoms. The lowest BCUT2D eigenvalue weighted by atomic mass is 10.1. The van der Waals surface area contributed by atoms with E-state index in [1.807, 2.05) is 24.3 Å². The summed E-state index contributed by atoms with van der Waals surface area (Å²) in [6, 6.07) is 7.82. The van der Waals surface area contributed by atoms with Gasteiger partial charge in [-0.2, -0.15) is 0 Å². The Morgan fingerprint density at radius 1 is 1.36 bits per heavy atom. The van der Waals surface area contributed by atoms with Crippen LogP contribution in [0.15, 0.2) is 30.5 Å². The molecule has 0 saturated heterocycles. The fraction of sp³-hybridized carbons (Fsp3) is 0.182. The predicted octanol–water partition coefficient (Wildman–Crippen LogP) is 1.19. The van der Waals surface area contributed by atoms with Crippen LogP contribution in [0, 0.1) is 0 Å². The SMILES string of the molecule is NCc1cccc2cc(CO)cnc12. The Kier molecular flexibility index (Phi) is 2.43. The lowest BCUT2D eigenvalue weighted by Gasteiger charge is -2.04. The van der Waals surface area contributed by atoms with Crippen LogP contribution in [0.1, 0.15) is 11.1 Å². The number of nitrogens with zero attached hydrogens (tertiary/aromatic N) is 1. The van der Waals surface area contributed by atoms with Crippen molar-refractivity contribution in [3.8, 4) is 0 Å². The second-order valence-electron chi connectivity index (χ2n) is 3.19. The van der Waals surface area contributed by atoms with Crippen LogP contribution in [0.5, 0.6) is 0 Å². The Morgan fingerprint density at radius 3 is 2.93 bits per heavy atom. The third-order valence-corrected chi connectivity index (χ3v) is 2.25. The summed E-state index contributed by atoms with van der Waals surface area (Å²) in [5.74, 6) is 0. The van der Waals surface area contributed by atoms with Gasteiger partial charge >= 0.3 is 0 Å². The minimum Gasteiger partial charge on any atom is -0.392 e. The van der Waals surface area contributed by atoms with E-state index in [4.69, 9.17) is 10.8 Å². The quantitative estimate of drug-likeness (QED) is 0.744. The fourth-order valence-electron chi connectivity index (χ4n) is 1.52. The molecule has 14 heavy (non-hydrogen) atoms. The van der Waals surface area contributed by atoms with Gasteiger partial charge in [-0.15, -0.1) is 0 Å². The van der Waals surface area contributed by atoms with Crippen LogP contribution in [0.4, 0.5) is 0 Å². The number of aromatic nitrogens is 1. The molecule has 1 aromatic carbocycles. The Labute approximate surface area is 82.2 Å². The largest absolute Gasteiger partial charge is 0.392 e. The van der Waals surface area contributed by atoms with Crippen molar-refractivity contribution in [2.24, 2.45) is 5.73 Å². The summed E-state index contributed by atoms with van der Waals surface area (Å²) < 4.78 is 0. The molecule has 0 amide bonds. The van der Waals surface area contributed by atoms with Crippen molar-refractivity contribution in [1.82, 2.24) is 4.98 Å². The van der Waals surface area contributed by atoms with Gasteiger partial charge in [-0.3, -0.25) is 4.98 Å². The minimum atomic E-state index is 0.0236. The van der Waals surface area contributed by atoms with Crippen molar-refractivity contribution < 1.29 is 5.11 Å². The number of hydrogen-bond acceptors (Lipinski definition) is 3. The summed E-state index contributed by atoms with van der Waals surface area (Å²) in [4.78, 5) is 4.28. The fourth-order valence-corrected chi connectivity index (χ4v) is 1.52. The van der Waals surface area contributed by atoms with Crippen LogP contribution in [0.2, 0.25) is 0 Å². The third kappa shape index (κ3) is 1.47. The maximum atomic E-state index is 8.96. The number of fused-ring (bicyclic) bond motifs is 1. The number of hydrogen-bond donors (Lipinski definition) is 2. The molecule has 0 aliphatic rings. The summed E-state index contributed by atoms with van der Waals surface area (Å²) >= 11 is 0. The molecular weight excluding hydrogens is 176 g/mol. The van der Waals surface area contributed by atoms with E-state index in [0.29, 0.717) is 6.54 Å². The van der Waals surface area contributed by atoms with Crippen molar-refractivity contribution in [3.05, 3.63) is 41.6 Å². The van der Waals surface area contributed by atoms with E-state index in [0.717, 1.165) is 22.0 Å². The molecule has 0 bridgehead atoms. The lowest BCUT2D eigenvalue weighted by Crippen LogP contribution is -1.98. The maximum absolute atomic E-state index is 8.96. The summed E-state index contributed by atoms with van der Waals surface area (Å²) in [5.41, 5.74) is 8.38. The molecule has 2 rings (SSSR count). The molecule has 0 fully saturated rings. The molecule has 1 aromatic heterocycles. The average molecular weight is 188 g/mol. The van der Waals surface area contributed by atoms with Gasteiger partial charge in [0.2, 0.25) is 0 Å². The van der Waals surface area contributed by atoms with Crippen LogP contribution < -0.4 is 5.73 Å². The van der Waals surface area contributed by atoms with Crippen molar-refractivity contribution in [1.29, 1.82) is 0 Å². The predicted molar refractivity (Wildman–Crippen MR) is 55.6 cm³/mol. The number of nitrogens with two attached hydrogens (primary N) is 1. The first-order valence-electron chi connectivity index (χ1n) is 4.52. The zero-order chi connectivity index (χ0) is 9.97. The highest BCUT2D eigenvalue weighted by Crippen LogP contribution is 2.17. The van der Waals surface area contributed by atoms with Crippen molar-refractivity contribution in [2.75, 3.05) is 0 Å². The van der Waals surface area contributed by atoms with Gasteiger partial charge in [-0.25, -0.2) is 0 Å². The van der Waals surface area contributed by atoms with Crippen LogP contribution >= 0.6 is 0 Å². The third-order valence-electron chi connectivity index (χ3n) is 2.25. The van der Waals surface area contributed by atoms with E-state index in [9.17, 15) is 0 Å². The van der Waals surface area contributed by atoms with E-state index in [-0.39, 0.29) is 6.61 Å². The molecule has 72 valence electrons. The Balaban J connectivity index is 2.67. The molecule has 0 unspecified atom stereocenters. The molecule has 3 N–H and O–H groups in total. The number of aliphatic hydroxyl groups excluding tert-OH is 1. The number of rotatable bonds is 2. The lowest BCUT2D eigenvalue weighted by molar-refractivity contribution is 0.281. The van der Waals surface area contributed by atoms with Gasteiger partial charge in [0.15, 0.2) is 0 Å². The van der Waals surface area contributed by atoms with Gasteiger partial charge in [-0.05, 0) is 17.2 Å². The van der Waals surface area contributed by atoms with Gasteiger partial charge in [0.25, 0.3) is 0 Å². The van der Waals surface area contributed by atoms with E-state index < -0.39 is 0 Å². The topological polar surface area (TPSA) is 59.1 Å². The van der Waals surface area contributed by atoms with E-state index in [1.165, 1.54) is 0 Å². The molecule has 3 nitrogen and oxygen atoms in total. The molecule has 1 heterocycles. The monoisotopic (exact) mass is 188 g/mol. The first kappa shape index (κ1) is 9.12. The highest BCUT2D eigenvalue weighted by molar-refractivity contribution is 5.82. The highest BCUT2D eigenvalue weighted by atomic mass is 16.3. The molecule has 0 aliphatic heterocycles. The van der Waals surface area contributed by atoms with Gasteiger partial charge in [0, 0.05) is 18.1 Å². The maximum Gasteiger partial charge on any atom is 0.0747 e. The second kappa shape index (κ2) is 3.74. The number of pyridine rings is 1. The van der Waals surface area contributed by atoms with Crippen LogP contribution in [-0.2, 0) is 13.2 Å². The normalized spacial score (nSPS) is 10.7. The smallest absolute Gasteiger partial charge is 0.0747 e. The molecule has 0 radical (unpaired) electrons. The molecule has 2 aromatic rings. The van der Waals surface area contributed by atoms with E-state index >= 15 is 0 Å². The second-order valence-corrected chi connectivity index (χ2v) is 3.19. The summed E-state index contributed by atoms with van der Waals surface area (Å²) in [7, 11) is 0. The molecule has 0 atom stereocenters. The standard InChI is InChI=1S/C11H12N2O/c12-5-10-3-1-2-9-4-8(7-14)6-13-11(9)10/h1-4,6,14H,5,7,12H2. The van der Waals surface area contributed by atoms with E-state index in [2.05, 4.69) is 4.98 Å². The minimum absolute atomic E-state index is 0.0236. The van der Waals surface area contributed by atoms with Crippen LogP contribution in [0.25, 0.3) is 10.9 Å². The molecular formula is C11H12N2O. The Bertz CT molecular complexity index is 454. The van der Waals surface area contributed by atoms with Gasteiger partial charge in [0.05, 0.1) is 12.1 Å². The highest BCUT2D eigenvalue weighted by Gasteiger charge is 2.01. The molecule has 0 saturated carbocycles. The van der Waals surface area contributed by atoms with Gasteiger partial charge < -0.3 is 10.8 Å². The van der Waals surface area contributed by atoms with Gasteiger partial charge in [-0.1, -0.05) is 18.2 Å². The van der Waals surface area contributed by atoms with Crippen LogP contribution in [-0.4, -0.2) is 10.1 Å². The average Bonchev–Trinajstić information content (AvgIpc) is 2.27. The van der Waals surface area contributed by atoms with Crippen LogP contribution in [0.3, 0.4) is 0 Å². The van der Waals surface area contributed by atoms with Crippen molar-refractivity contribution >= 4 is 10.9 Å². The summed E-state index contributed by atoms with van der Waals surface area (Å²) in [6.07, 6.45) is 1.68. The Morgan fingerprint density at radius 2 is 2.21 bits per heavy atom. The Hall–Kier alpha value is -1.45. The van der Waals surface area contributed by atoms with Gasteiger partial charge in [0.1, 0.15) is 0 Å². The first-order chi connectivity index (χ1) is 6.85.